The summed E-state index contributed by atoms with van der Waals surface area (Å²) in [6.45, 7) is 8.71. The van der Waals surface area contributed by atoms with Crippen LogP contribution < -0.4 is 11.1 Å². The quantitative estimate of drug-likeness (QED) is 0.792. The lowest BCUT2D eigenvalue weighted by atomic mass is 9.77. The third-order valence-corrected chi connectivity index (χ3v) is 4.07. The van der Waals surface area contributed by atoms with Crippen LogP contribution >= 0.6 is 0 Å². The van der Waals surface area contributed by atoms with Gasteiger partial charge in [0, 0.05) is 6.04 Å². The molecule has 2 unspecified atom stereocenters. The van der Waals surface area contributed by atoms with E-state index in [-0.39, 0.29) is 11.9 Å². The SMILES string of the molecule is CC(C)C[C@H](N)C(=O)NC1CCCCC1C(C)C. The fraction of sp³-hybridized carbons (Fsp3) is 0.933. The second kappa shape index (κ2) is 7.13. The Labute approximate surface area is 112 Å². The van der Waals surface area contributed by atoms with E-state index in [1.165, 1.54) is 19.3 Å². The maximum Gasteiger partial charge on any atom is 0.237 e. The molecule has 0 bridgehead atoms. The lowest BCUT2D eigenvalue weighted by Gasteiger charge is -2.35. The number of hydrogen-bond donors (Lipinski definition) is 2. The van der Waals surface area contributed by atoms with Gasteiger partial charge >= 0.3 is 0 Å². The molecule has 0 heterocycles. The standard InChI is InChI=1S/C15H30N2O/c1-10(2)9-13(16)15(18)17-14-8-6-5-7-12(14)11(3)4/h10-14H,5-9,16H2,1-4H3,(H,17,18)/t12?,13-,14?/m0/s1. The van der Waals surface area contributed by atoms with Gasteiger partial charge < -0.3 is 11.1 Å². The van der Waals surface area contributed by atoms with Crippen LogP contribution in [0.15, 0.2) is 0 Å². The smallest absolute Gasteiger partial charge is 0.237 e. The summed E-state index contributed by atoms with van der Waals surface area (Å²) < 4.78 is 0. The molecule has 106 valence electrons. The number of nitrogens with two attached hydrogens (primary N) is 1. The highest BCUT2D eigenvalue weighted by atomic mass is 16.2. The average Bonchev–Trinajstić information content (AvgIpc) is 2.28. The molecule has 3 N–H and O–H groups in total. The molecule has 0 radical (unpaired) electrons. The fourth-order valence-corrected chi connectivity index (χ4v) is 3.04. The topological polar surface area (TPSA) is 55.1 Å². The molecule has 0 aliphatic heterocycles. The van der Waals surface area contributed by atoms with Crippen LogP contribution in [0.25, 0.3) is 0 Å². The van der Waals surface area contributed by atoms with Crippen LogP contribution in [-0.2, 0) is 4.79 Å². The van der Waals surface area contributed by atoms with Crippen LogP contribution in [0, 0.1) is 17.8 Å². The minimum absolute atomic E-state index is 0.0428. The predicted octanol–water partition coefficient (Wildman–Crippen LogP) is 2.69. The zero-order valence-corrected chi connectivity index (χ0v) is 12.4. The molecule has 1 saturated carbocycles. The van der Waals surface area contributed by atoms with Crippen molar-refractivity contribution in [3.63, 3.8) is 0 Å². The summed E-state index contributed by atoms with van der Waals surface area (Å²) in [5.41, 5.74) is 5.94. The van der Waals surface area contributed by atoms with Crippen molar-refractivity contribution in [2.75, 3.05) is 0 Å². The Morgan fingerprint density at radius 1 is 1.22 bits per heavy atom. The van der Waals surface area contributed by atoms with Crippen molar-refractivity contribution >= 4 is 5.91 Å². The summed E-state index contributed by atoms with van der Waals surface area (Å²) in [6.07, 6.45) is 5.65. The third kappa shape index (κ3) is 4.60. The number of rotatable bonds is 5. The molecular formula is C15H30N2O. The van der Waals surface area contributed by atoms with Gasteiger partial charge in [0.2, 0.25) is 5.91 Å². The van der Waals surface area contributed by atoms with Gasteiger partial charge in [-0.2, -0.15) is 0 Å². The first kappa shape index (κ1) is 15.5. The highest BCUT2D eigenvalue weighted by Gasteiger charge is 2.29. The molecule has 1 amide bonds. The molecule has 0 aromatic rings. The normalized spacial score (nSPS) is 26.4. The summed E-state index contributed by atoms with van der Waals surface area (Å²) >= 11 is 0. The molecule has 3 heteroatoms. The molecule has 3 atom stereocenters. The Morgan fingerprint density at radius 3 is 2.39 bits per heavy atom. The van der Waals surface area contributed by atoms with Crippen LogP contribution in [0.1, 0.15) is 59.8 Å². The molecule has 0 spiro atoms. The van der Waals surface area contributed by atoms with Gasteiger partial charge in [-0.25, -0.2) is 0 Å². The van der Waals surface area contributed by atoms with Gasteiger partial charge in [-0.3, -0.25) is 4.79 Å². The highest BCUT2D eigenvalue weighted by Crippen LogP contribution is 2.30. The first-order chi connectivity index (χ1) is 8.41. The molecule has 1 fully saturated rings. The number of hydrogen-bond acceptors (Lipinski definition) is 2. The molecular weight excluding hydrogens is 224 g/mol. The summed E-state index contributed by atoms with van der Waals surface area (Å²) in [7, 11) is 0. The first-order valence-electron chi connectivity index (χ1n) is 7.47. The molecule has 1 rings (SSSR count). The van der Waals surface area contributed by atoms with Crippen molar-refractivity contribution in [2.24, 2.45) is 23.5 Å². The van der Waals surface area contributed by atoms with Gasteiger partial charge in [-0.05, 0) is 37.0 Å². The monoisotopic (exact) mass is 254 g/mol. The molecule has 1 aliphatic rings. The van der Waals surface area contributed by atoms with E-state index in [4.69, 9.17) is 5.73 Å². The van der Waals surface area contributed by atoms with Gasteiger partial charge in [0.1, 0.15) is 0 Å². The Morgan fingerprint density at radius 2 is 1.83 bits per heavy atom. The van der Waals surface area contributed by atoms with Crippen molar-refractivity contribution in [1.29, 1.82) is 0 Å². The van der Waals surface area contributed by atoms with E-state index in [0.717, 1.165) is 12.8 Å². The highest BCUT2D eigenvalue weighted by molar-refractivity contribution is 5.81. The maximum absolute atomic E-state index is 12.1. The van der Waals surface area contributed by atoms with Crippen molar-refractivity contribution in [1.82, 2.24) is 5.32 Å². The first-order valence-corrected chi connectivity index (χ1v) is 7.47. The molecule has 0 saturated heterocycles. The number of amides is 1. The van der Waals surface area contributed by atoms with E-state index in [0.29, 0.717) is 23.8 Å². The second-order valence-electron chi connectivity index (χ2n) is 6.54. The summed E-state index contributed by atoms with van der Waals surface area (Å²) in [4.78, 5) is 12.1. The van der Waals surface area contributed by atoms with E-state index in [9.17, 15) is 4.79 Å². The summed E-state index contributed by atoms with van der Waals surface area (Å²) in [5.74, 6) is 1.77. The maximum atomic E-state index is 12.1. The van der Waals surface area contributed by atoms with Crippen molar-refractivity contribution in [3.05, 3.63) is 0 Å². The molecule has 3 nitrogen and oxygen atoms in total. The van der Waals surface area contributed by atoms with E-state index >= 15 is 0 Å². The Hall–Kier alpha value is -0.570. The van der Waals surface area contributed by atoms with E-state index in [2.05, 4.69) is 33.0 Å². The van der Waals surface area contributed by atoms with Crippen LogP contribution in [0.3, 0.4) is 0 Å². The minimum Gasteiger partial charge on any atom is -0.352 e. The number of carbonyl (C=O) groups is 1. The fourth-order valence-electron chi connectivity index (χ4n) is 3.04. The summed E-state index contributed by atoms with van der Waals surface area (Å²) in [6, 6.07) is -0.01000. The van der Waals surface area contributed by atoms with Crippen molar-refractivity contribution < 1.29 is 4.79 Å². The predicted molar refractivity (Wildman–Crippen MR) is 76.2 cm³/mol. The van der Waals surface area contributed by atoms with Gasteiger partial charge in [-0.15, -0.1) is 0 Å². The largest absolute Gasteiger partial charge is 0.352 e. The molecule has 0 aromatic carbocycles. The zero-order valence-electron chi connectivity index (χ0n) is 12.4. The van der Waals surface area contributed by atoms with E-state index in [1.54, 1.807) is 0 Å². The second-order valence-corrected chi connectivity index (χ2v) is 6.54. The summed E-state index contributed by atoms with van der Waals surface area (Å²) in [5, 5.41) is 3.19. The van der Waals surface area contributed by atoms with Gasteiger partial charge in [0.05, 0.1) is 6.04 Å². The molecule has 18 heavy (non-hydrogen) atoms. The lowest BCUT2D eigenvalue weighted by Crippen LogP contribution is -2.50. The average molecular weight is 254 g/mol. The Bertz CT molecular complexity index is 263. The van der Waals surface area contributed by atoms with Crippen molar-refractivity contribution in [2.45, 2.75) is 71.9 Å². The number of nitrogens with one attached hydrogen (secondary N) is 1. The van der Waals surface area contributed by atoms with Crippen molar-refractivity contribution in [3.8, 4) is 0 Å². The zero-order chi connectivity index (χ0) is 13.7. The van der Waals surface area contributed by atoms with Gasteiger partial charge in [0.15, 0.2) is 0 Å². The number of carbonyl (C=O) groups excluding carboxylic acids is 1. The van der Waals surface area contributed by atoms with E-state index in [1.807, 2.05) is 0 Å². The molecule has 0 aromatic heterocycles. The van der Waals surface area contributed by atoms with Gasteiger partial charge in [0.25, 0.3) is 0 Å². The Kier molecular flexibility index (Phi) is 6.13. The molecule has 1 aliphatic carbocycles. The third-order valence-electron chi connectivity index (χ3n) is 4.07. The lowest BCUT2D eigenvalue weighted by molar-refractivity contribution is -0.124. The van der Waals surface area contributed by atoms with Crippen LogP contribution in [0.4, 0.5) is 0 Å². The minimum atomic E-state index is -0.347. The van der Waals surface area contributed by atoms with Crippen LogP contribution in [0.5, 0.6) is 0 Å². The van der Waals surface area contributed by atoms with Crippen LogP contribution in [-0.4, -0.2) is 18.0 Å². The van der Waals surface area contributed by atoms with Crippen LogP contribution in [0.2, 0.25) is 0 Å². The van der Waals surface area contributed by atoms with E-state index < -0.39 is 0 Å². The Balaban J connectivity index is 2.50. The van der Waals surface area contributed by atoms with Gasteiger partial charge in [-0.1, -0.05) is 40.5 Å².